The van der Waals surface area contributed by atoms with E-state index >= 15 is 0 Å². The normalized spacial score (nSPS) is 19.1. The second-order valence-corrected chi connectivity index (χ2v) is 4.17. The van der Waals surface area contributed by atoms with Crippen LogP contribution in [0, 0.1) is 0 Å². The molecule has 0 amide bonds. The minimum Gasteiger partial charge on any atom is -0.480 e. The third-order valence-corrected chi connectivity index (χ3v) is 2.28. The Labute approximate surface area is 102 Å². The number of carboxylic acids is 1. The summed E-state index contributed by atoms with van der Waals surface area (Å²) in [6.45, 7) is 0.566. The summed E-state index contributed by atoms with van der Waals surface area (Å²) in [6.07, 6.45) is -4.54. The molecule has 0 rings (SSSR count). The fourth-order valence-electron chi connectivity index (χ4n) is 0.753. The molecule has 0 aromatic rings. The van der Waals surface area contributed by atoms with E-state index in [4.69, 9.17) is 5.11 Å². The molecule has 0 saturated carbocycles. The molecule has 18 heavy (non-hydrogen) atoms. The molecule has 0 aromatic carbocycles. The number of rotatable bonds is 8. The standard InChI is InChI=1S/C10H16F4O4/c1-4-8(2,11)6-18-9(3,12)10(13,14)17-5-7(15)16/h4-6H2,1-3H3,(H,15,16). The monoisotopic (exact) mass is 276 g/mol. The van der Waals surface area contributed by atoms with Gasteiger partial charge in [-0.15, -0.1) is 0 Å². The smallest absolute Gasteiger partial charge is 0.414 e. The van der Waals surface area contributed by atoms with E-state index in [0.29, 0.717) is 6.92 Å². The lowest BCUT2D eigenvalue weighted by Gasteiger charge is -2.31. The molecule has 0 bridgehead atoms. The number of halogens is 4. The maximum Gasteiger partial charge on any atom is 0.414 e. The predicted molar refractivity (Wildman–Crippen MR) is 53.8 cm³/mol. The quantitative estimate of drug-likeness (QED) is 0.692. The molecular weight excluding hydrogens is 260 g/mol. The highest BCUT2D eigenvalue weighted by molar-refractivity contribution is 5.68. The lowest BCUT2D eigenvalue weighted by molar-refractivity contribution is -0.378. The van der Waals surface area contributed by atoms with E-state index in [-0.39, 0.29) is 6.42 Å². The van der Waals surface area contributed by atoms with E-state index in [1.807, 2.05) is 0 Å². The molecule has 0 heterocycles. The van der Waals surface area contributed by atoms with Crippen molar-refractivity contribution in [1.29, 1.82) is 0 Å². The van der Waals surface area contributed by atoms with Crippen molar-refractivity contribution in [3.8, 4) is 0 Å². The molecule has 0 aliphatic carbocycles. The van der Waals surface area contributed by atoms with Crippen molar-refractivity contribution in [3.05, 3.63) is 0 Å². The molecule has 0 spiro atoms. The zero-order chi connectivity index (χ0) is 14.6. The molecule has 0 aliphatic heterocycles. The molecule has 0 aliphatic rings. The summed E-state index contributed by atoms with van der Waals surface area (Å²) >= 11 is 0. The lowest BCUT2D eigenvalue weighted by Crippen LogP contribution is -2.48. The van der Waals surface area contributed by atoms with Crippen LogP contribution in [-0.2, 0) is 14.3 Å². The maximum atomic E-state index is 13.5. The Bertz CT molecular complexity index is 292. The van der Waals surface area contributed by atoms with Crippen LogP contribution in [0.15, 0.2) is 0 Å². The van der Waals surface area contributed by atoms with Crippen LogP contribution in [0.4, 0.5) is 17.6 Å². The van der Waals surface area contributed by atoms with Gasteiger partial charge in [0.2, 0.25) is 0 Å². The SMILES string of the molecule is CCC(C)(F)COC(C)(F)C(F)(F)OCC(=O)O. The summed E-state index contributed by atoms with van der Waals surface area (Å²) in [5, 5.41) is 8.16. The van der Waals surface area contributed by atoms with Gasteiger partial charge in [-0.2, -0.15) is 8.78 Å². The van der Waals surface area contributed by atoms with Crippen LogP contribution in [0.5, 0.6) is 0 Å². The van der Waals surface area contributed by atoms with E-state index in [0.717, 1.165) is 6.92 Å². The van der Waals surface area contributed by atoms with E-state index in [1.54, 1.807) is 0 Å². The second-order valence-electron chi connectivity index (χ2n) is 4.17. The highest BCUT2D eigenvalue weighted by Crippen LogP contribution is 2.35. The van der Waals surface area contributed by atoms with Crippen LogP contribution in [0.2, 0.25) is 0 Å². The molecule has 108 valence electrons. The number of carbonyl (C=O) groups is 1. The van der Waals surface area contributed by atoms with Crippen LogP contribution in [0.25, 0.3) is 0 Å². The van der Waals surface area contributed by atoms with Crippen LogP contribution < -0.4 is 0 Å². The molecule has 1 N–H and O–H groups in total. The average Bonchev–Trinajstić information content (AvgIpc) is 2.24. The molecule has 0 radical (unpaired) electrons. The number of hydrogen-bond acceptors (Lipinski definition) is 3. The van der Waals surface area contributed by atoms with E-state index in [1.165, 1.54) is 6.92 Å². The molecule has 0 aromatic heterocycles. The van der Waals surface area contributed by atoms with Crippen molar-refractivity contribution in [1.82, 2.24) is 0 Å². The molecule has 4 nitrogen and oxygen atoms in total. The summed E-state index contributed by atoms with van der Waals surface area (Å²) in [4.78, 5) is 10.1. The highest BCUT2D eigenvalue weighted by Gasteiger charge is 2.55. The molecule has 2 atom stereocenters. The van der Waals surface area contributed by atoms with Crippen LogP contribution in [0.1, 0.15) is 27.2 Å². The Balaban J connectivity index is 4.54. The average molecular weight is 276 g/mol. The summed E-state index contributed by atoms with van der Waals surface area (Å²) in [5.74, 6) is -5.31. The van der Waals surface area contributed by atoms with Crippen molar-refractivity contribution in [2.45, 2.75) is 44.8 Å². The van der Waals surface area contributed by atoms with E-state index in [2.05, 4.69) is 9.47 Å². The Kier molecular flexibility index (Phi) is 5.55. The van der Waals surface area contributed by atoms with Crippen LogP contribution >= 0.6 is 0 Å². The maximum absolute atomic E-state index is 13.5. The minimum absolute atomic E-state index is 0.0510. The topological polar surface area (TPSA) is 55.8 Å². The van der Waals surface area contributed by atoms with Crippen molar-refractivity contribution in [3.63, 3.8) is 0 Å². The zero-order valence-electron chi connectivity index (χ0n) is 10.3. The van der Waals surface area contributed by atoms with Crippen molar-refractivity contribution in [2.75, 3.05) is 13.2 Å². The summed E-state index contributed by atoms with van der Waals surface area (Å²) in [6, 6.07) is 0. The fourth-order valence-corrected chi connectivity index (χ4v) is 0.753. The highest BCUT2D eigenvalue weighted by atomic mass is 19.3. The van der Waals surface area contributed by atoms with Crippen molar-refractivity contribution in [2.24, 2.45) is 0 Å². The minimum atomic E-state index is -4.49. The fraction of sp³-hybridized carbons (Fsp3) is 0.900. The van der Waals surface area contributed by atoms with Gasteiger partial charge in [0, 0.05) is 6.92 Å². The van der Waals surface area contributed by atoms with Gasteiger partial charge in [-0.3, -0.25) is 0 Å². The van der Waals surface area contributed by atoms with Gasteiger partial charge in [0.1, 0.15) is 5.67 Å². The summed E-state index contributed by atoms with van der Waals surface area (Å²) in [5.41, 5.74) is -1.96. The first-order chi connectivity index (χ1) is 7.93. The van der Waals surface area contributed by atoms with Gasteiger partial charge in [0.15, 0.2) is 6.61 Å². The number of alkyl halides is 4. The van der Waals surface area contributed by atoms with Gasteiger partial charge >= 0.3 is 12.1 Å². The number of hydrogen-bond donors (Lipinski definition) is 1. The Hall–Kier alpha value is -0.890. The van der Waals surface area contributed by atoms with Crippen molar-refractivity contribution >= 4 is 5.97 Å². The first-order valence-electron chi connectivity index (χ1n) is 5.19. The number of aliphatic carboxylic acids is 1. The molecular formula is C10H16F4O4. The lowest BCUT2D eigenvalue weighted by atomic mass is 10.1. The van der Waals surface area contributed by atoms with Gasteiger partial charge in [-0.1, -0.05) is 6.92 Å². The van der Waals surface area contributed by atoms with Gasteiger partial charge < -0.3 is 14.6 Å². The zero-order valence-corrected chi connectivity index (χ0v) is 10.3. The Morgan fingerprint density at radius 2 is 1.67 bits per heavy atom. The first kappa shape index (κ1) is 17.1. The van der Waals surface area contributed by atoms with Crippen LogP contribution in [0.3, 0.4) is 0 Å². The number of ether oxygens (including phenoxy) is 2. The second kappa shape index (κ2) is 5.83. The molecule has 8 heteroatoms. The van der Waals surface area contributed by atoms with Gasteiger partial charge in [0.05, 0.1) is 6.61 Å². The Morgan fingerprint density at radius 3 is 2.06 bits per heavy atom. The van der Waals surface area contributed by atoms with Crippen LogP contribution in [-0.4, -0.2) is 41.9 Å². The van der Waals surface area contributed by atoms with Gasteiger partial charge in [-0.25, -0.2) is 13.6 Å². The molecule has 0 fully saturated rings. The summed E-state index contributed by atoms with van der Waals surface area (Å²) < 4.78 is 60.9. The predicted octanol–water partition coefficient (Wildman–Crippen LogP) is 2.52. The third kappa shape index (κ3) is 5.18. The first-order valence-corrected chi connectivity index (χ1v) is 5.19. The van der Waals surface area contributed by atoms with E-state index < -0.39 is 36.8 Å². The largest absolute Gasteiger partial charge is 0.480 e. The third-order valence-electron chi connectivity index (χ3n) is 2.28. The molecule has 0 saturated heterocycles. The van der Waals surface area contributed by atoms with Crippen molar-refractivity contribution < 1.29 is 36.9 Å². The molecule has 2 unspecified atom stereocenters. The van der Waals surface area contributed by atoms with E-state index in [9.17, 15) is 22.4 Å². The number of carboxylic acid groups (broad SMARTS) is 1. The summed E-state index contributed by atoms with van der Waals surface area (Å²) in [7, 11) is 0. The Morgan fingerprint density at radius 1 is 1.17 bits per heavy atom. The van der Waals surface area contributed by atoms with Gasteiger partial charge in [0.25, 0.3) is 5.85 Å². The van der Waals surface area contributed by atoms with Gasteiger partial charge in [-0.05, 0) is 13.3 Å².